The summed E-state index contributed by atoms with van der Waals surface area (Å²) in [5.74, 6) is 0. The van der Waals surface area contributed by atoms with Crippen molar-refractivity contribution in [3.63, 3.8) is 0 Å². The van der Waals surface area contributed by atoms with E-state index in [-0.39, 0.29) is 5.56 Å². The summed E-state index contributed by atoms with van der Waals surface area (Å²) < 4.78 is 58.2. The molecule has 0 aliphatic heterocycles. The molecule has 14 heavy (non-hydrogen) atoms. The van der Waals surface area contributed by atoms with Gasteiger partial charge in [0.2, 0.25) is 0 Å². The minimum absolute atomic E-state index is 0.0322. The zero-order valence-electron chi connectivity index (χ0n) is 7.09. The van der Waals surface area contributed by atoms with E-state index in [2.05, 4.69) is 6.07 Å². The lowest BCUT2D eigenvalue weighted by Crippen LogP contribution is -2.23. The fourth-order valence-corrected chi connectivity index (χ4v) is 1.91. The fourth-order valence-electron chi connectivity index (χ4n) is 0.926. The maximum atomic E-state index is 12.1. The smallest absolute Gasteiger partial charge is 0.214 e. The summed E-state index contributed by atoms with van der Waals surface area (Å²) >= 11 is 0. The number of hydrogen-bond acceptors (Lipinski definition) is 2. The van der Waals surface area contributed by atoms with Crippen LogP contribution in [0.2, 0.25) is 0 Å². The van der Waals surface area contributed by atoms with Crippen molar-refractivity contribution in [1.82, 2.24) is 0 Å². The van der Waals surface area contributed by atoms with Gasteiger partial charge >= 0.3 is 5.51 Å². The molecule has 0 unspecified atom stereocenters. The lowest BCUT2D eigenvalue weighted by atomic mass is 10.2. The summed E-state index contributed by atoms with van der Waals surface area (Å²) in [6, 6.07) is 5.70. The molecule has 0 amide bonds. The molecular formula is C8H6F3O2S. The van der Waals surface area contributed by atoms with Gasteiger partial charge in [-0.05, 0) is 24.6 Å². The number of sulfone groups is 1. The largest absolute Gasteiger partial charge is 0.501 e. The van der Waals surface area contributed by atoms with Gasteiger partial charge in [0.15, 0.2) is 0 Å². The van der Waals surface area contributed by atoms with Gasteiger partial charge in [-0.25, -0.2) is 8.42 Å². The van der Waals surface area contributed by atoms with Crippen LogP contribution in [0, 0.1) is 13.0 Å². The minimum atomic E-state index is -5.25. The quantitative estimate of drug-likeness (QED) is 0.730. The Kier molecular flexibility index (Phi) is 2.58. The SMILES string of the molecule is Cc1c[c]ccc1S(=O)(=O)C(F)(F)F. The maximum absolute atomic E-state index is 12.1. The van der Waals surface area contributed by atoms with E-state index in [1.807, 2.05) is 0 Å². The van der Waals surface area contributed by atoms with Crippen molar-refractivity contribution in [2.45, 2.75) is 17.3 Å². The molecule has 0 saturated carbocycles. The molecule has 1 radical (unpaired) electrons. The molecular weight excluding hydrogens is 217 g/mol. The van der Waals surface area contributed by atoms with Gasteiger partial charge in [-0.2, -0.15) is 13.2 Å². The Balaban J connectivity index is 3.40. The van der Waals surface area contributed by atoms with Crippen LogP contribution in [0.3, 0.4) is 0 Å². The Morgan fingerprint density at radius 2 is 1.93 bits per heavy atom. The van der Waals surface area contributed by atoms with Crippen molar-refractivity contribution < 1.29 is 21.6 Å². The van der Waals surface area contributed by atoms with Crippen LogP contribution in [0.15, 0.2) is 23.1 Å². The summed E-state index contributed by atoms with van der Waals surface area (Å²) in [7, 11) is -5.23. The van der Waals surface area contributed by atoms with Crippen LogP contribution < -0.4 is 0 Å². The highest BCUT2D eigenvalue weighted by Gasteiger charge is 2.47. The third kappa shape index (κ3) is 1.75. The predicted octanol–water partition coefficient (Wildman–Crippen LogP) is 2.09. The molecule has 0 saturated heterocycles. The van der Waals surface area contributed by atoms with E-state index in [0.29, 0.717) is 0 Å². The molecule has 0 heterocycles. The highest BCUT2D eigenvalue weighted by molar-refractivity contribution is 7.92. The van der Waals surface area contributed by atoms with Crippen LogP contribution in [-0.4, -0.2) is 13.9 Å². The van der Waals surface area contributed by atoms with Crippen molar-refractivity contribution in [3.05, 3.63) is 29.8 Å². The van der Waals surface area contributed by atoms with Crippen molar-refractivity contribution in [2.24, 2.45) is 0 Å². The Hall–Kier alpha value is -1.04. The van der Waals surface area contributed by atoms with E-state index in [0.717, 1.165) is 12.1 Å². The van der Waals surface area contributed by atoms with E-state index in [9.17, 15) is 21.6 Å². The van der Waals surface area contributed by atoms with Gasteiger partial charge in [-0.1, -0.05) is 12.1 Å². The molecule has 0 N–H and O–H groups in total. The van der Waals surface area contributed by atoms with Gasteiger partial charge in [0.05, 0.1) is 4.90 Å². The van der Waals surface area contributed by atoms with Gasteiger partial charge in [-0.3, -0.25) is 0 Å². The predicted molar refractivity (Wildman–Crippen MR) is 43.3 cm³/mol. The summed E-state index contributed by atoms with van der Waals surface area (Å²) in [6.07, 6.45) is 0. The van der Waals surface area contributed by atoms with Crippen LogP contribution in [0.4, 0.5) is 13.2 Å². The molecule has 1 aromatic rings. The average molecular weight is 223 g/mol. The zero-order chi connectivity index (χ0) is 11.0. The van der Waals surface area contributed by atoms with Gasteiger partial charge in [0.25, 0.3) is 9.84 Å². The van der Waals surface area contributed by atoms with Crippen LogP contribution in [0.25, 0.3) is 0 Å². The molecule has 0 spiro atoms. The van der Waals surface area contributed by atoms with Crippen LogP contribution in [0.5, 0.6) is 0 Å². The number of rotatable bonds is 1. The molecule has 0 atom stereocenters. The Bertz CT molecular complexity index is 434. The van der Waals surface area contributed by atoms with Crippen molar-refractivity contribution in [1.29, 1.82) is 0 Å². The number of benzene rings is 1. The number of hydrogen-bond donors (Lipinski definition) is 0. The van der Waals surface area contributed by atoms with Crippen LogP contribution >= 0.6 is 0 Å². The number of alkyl halides is 3. The summed E-state index contributed by atoms with van der Waals surface area (Å²) in [5.41, 5.74) is -5.22. The molecule has 6 heteroatoms. The average Bonchev–Trinajstić information content (AvgIpc) is 2.02. The number of halogens is 3. The summed E-state index contributed by atoms with van der Waals surface area (Å²) in [4.78, 5) is -0.719. The van der Waals surface area contributed by atoms with E-state index < -0.39 is 20.2 Å². The van der Waals surface area contributed by atoms with E-state index >= 15 is 0 Å². The van der Waals surface area contributed by atoms with Gasteiger partial charge in [0, 0.05) is 0 Å². The number of aryl methyl sites for hydroxylation is 1. The maximum Gasteiger partial charge on any atom is 0.501 e. The highest BCUT2D eigenvalue weighted by atomic mass is 32.2. The van der Waals surface area contributed by atoms with Crippen molar-refractivity contribution in [3.8, 4) is 0 Å². The molecule has 1 rings (SSSR count). The lowest BCUT2D eigenvalue weighted by Gasteiger charge is -2.09. The van der Waals surface area contributed by atoms with Gasteiger partial charge in [-0.15, -0.1) is 0 Å². The second-order valence-electron chi connectivity index (χ2n) is 2.64. The molecule has 2 nitrogen and oxygen atoms in total. The van der Waals surface area contributed by atoms with Crippen molar-refractivity contribution in [2.75, 3.05) is 0 Å². The van der Waals surface area contributed by atoms with Gasteiger partial charge < -0.3 is 0 Å². The first-order chi connectivity index (χ1) is 6.27. The topological polar surface area (TPSA) is 34.1 Å². The molecule has 0 fully saturated rings. The van der Waals surface area contributed by atoms with E-state index in [4.69, 9.17) is 0 Å². The van der Waals surface area contributed by atoms with E-state index in [1.54, 1.807) is 0 Å². The third-order valence-electron chi connectivity index (χ3n) is 1.61. The Morgan fingerprint density at radius 1 is 1.36 bits per heavy atom. The van der Waals surface area contributed by atoms with E-state index in [1.165, 1.54) is 13.0 Å². The van der Waals surface area contributed by atoms with Crippen molar-refractivity contribution >= 4 is 9.84 Å². The Morgan fingerprint density at radius 3 is 2.36 bits per heavy atom. The summed E-state index contributed by atoms with van der Waals surface area (Å²) in [6.45, 7) is 1.29. The molecule has 0 aliphatic carbocycles. The standard InChI is InChI=1S/C8H6F3O2S/c1-6-4-2-3-5-7(6)14(12,13)8(9,10)11/h3-5H,1H3. The Labute approximate surface area is 79.3 Å². The highest BCUT2D eigenvalue weighted by Crippen LogP contribution is 2.31. The van der Waals surface area contributed by atoms with Crippen LogP contribution in [0.1, 0.15) is 5.56 Å². The first-order valence-corrected chi connectivity index (χ1v) is 5.03. The second-order valence-corrected chi connectivity index (χ2v) is 4.55. The second kappa shape index (κ2) is 3.27. The summed E-state index contributed by atoms with van der Waals surface area (Å²) in [5, 5.41) is 0. The lowest BCUT2D eigenvalue weighted by molar-refractivity contribution is -0.0436. The minimum Gasteiger partial charge on any atom is -0.214 e. The molecule has 0 bridgehead atoms. The monoisotopic (exact) mass is 223 g/mol. The molecule has 0 aromatic heterocycles. The van der Waals surface area contributed by atoms with Crippen LogP contribution in [-0.2, 0) is 9.84 Å². The first-order valence-electron chi connectivity index (χ1n) is 3.55. The fraction of sp³-hybridized carbons (Fsp3) is 0.250. The third-order valence-corrected chi connectivity index (χ3v) is 3.26. The normalized spacial score (nSPS) is 12.9. The zero-order valence-corrected chi connectivity index (χ0v) is 7.91. The van der Waals surface area contributed by atoms with Gasteiger partial charge in [0.1, 0.15) is 0 Å². The first kappa shape index (κ1) is 11.0. The molecule has 77 valence electrons. The molecule has 1 aromatic carbocycles. The molecule has 0 aliphatic rings.